The van der Waals surface area contributed by atoms with E-state index in [-0.39, 0.29) is 5.78 Å². The van der Waals surface area contributed by atoms with E-state index < -0.39 is 0 Å². The van der Waals surface area contributed by atoms with Crippen LogP contribution in [0.4, 0.5) is 0 Å². The fourth-order valence-electron chi connectivity index (χ4n) is 0.746. The molecule has 0 spiro atoms. The van der Waals surface area contributed by atoms with Crippen molar-refractivity contribution in [3.8, 4) is 0 Å². The first-order valence-corrected chi connectivity index (χ1v) is 4.31. The molecule has 1 aromatic rings. The highest BCUT2D eigenvalue weighted by Gasteiger charge is 2.00. The molecule has 0 bridgehead atoms. The average molecular weight is 209 g/mol. The van der Waals surface area contributed by atoms with Crippen LogP contribution in [0.5, 0.6) is 0 Å². The Bertz CT molecular complexity index is 255. The number of alkyl halides is 1. The molecule has 0 heterocycles. The lowest BCUT2D eigenvalue weighted by Crippen LogP contribution is -2.05. The Morgan fingerprint density at radius 1 is 1.36 bits per heavy atom. The number of hydrogen-bond acceptors (Lipinski definition) is 1. The normalized spacial score (nSPS) is 9.55. The van der Waals surface area contributed by atoms with Gasteiger partial charge in [-0.05, 0) is 0 Å². The number of Topliss-reactive ketones (excluding diaryl/α,β-unsaturated/α-hetero) is 1. The Morgan fingerprint density at radius 3 is 2.36 bits per heavy atom. The third-order valence-electron chi connectivity index (χ3n) is 1.35. The molecule has 0 aliphatic rings. The molecule has 0 amide bonds. The van der Waals surface area contributed by atoms with Crippen LogP contribution in [0, 0.1) is 0 Å². The standard InChI is InChI=1S/C8H6BBrO/c9-7-3-1-6(2-4-7)8(11)5-10/h1-4H,5H2. The van der Waals surface area contributed by atoms with Crippen LogP contribution in [0.3, 0.4) is 0 Å². The summed E-state index contributed by atoms with van der Waals surface area (Å²) in [6, 6.07) is 6.88. The van der Waals surface area contributed by atoms with Gasteiger partial charge in [-0.3, -0.25) is 4.79 Å². The molecule has 0 aromatic heterocycles. The lowest BCUT2D eigenvalue weighted by molar-refractivity contribution is 0.102. The molecule has 1 rings (SSSR count). The van der Waals surface area contributed by atoms with E-state index in [0.717, 1.165) is 0 Å². The largest absolute Gasteiger partial charge is 0.293 e. The zero-order chi connectivity index (χ0) is 8.27. The lowest BCUT2D eigenvalue weighted by Gasteiger charge is -1.96. The van der Waals surface area contributed by atoms with Crippen molar-refractivity contribution >= 4 is 35.0 Å². The van der Waals surface area contributed by atoms with Gasteiger partial charge in [0, 0.05) is 5.56 Å². The van der Waals surface area contributed by atoms with E-state index in [1.54, 1.807) is 24.3 Å². The quantitative estimate of drug-likeness (QED) is 0.404. The van der Waals surface area contributed by atoms with Crippen molar-refractivity contribution < 1.29 is 4.79 Å². The molecular weight excluding hydrogens is 203 g/mol. The van der Waals surface area contributed by atoms with Gasteiger partial charge in [0.2, 0.25) is 0 Å². The van der Waals surface area contributed by atoms with Crippen LogP contribution < -0.4 is 5.46 Å². The van der Waals surface area contributed by atoms with Crippen LogP contribution in [0.2, 0.25) is 0 Å². The maximum absolute atomic E-state index is 11.0. The van der Waals surface area contributed by atoms with Crippen LogP contribution in [0.15, 0.2) is 24.3 Å². The molecule has 0 atom stereocenters. The van der Waals surface area contributed by atoms with Crippen LogP contribution in [-0.2, 0) is 0 Å². The van der Waals surface area contributed by atoms with E-state index in [2.05, 4.69) is 15.9 Å². The molecule has 0 aliphatic heterocycles. The van der Waals surface area contributed by atoms with E-state index in [9.17, 15) is 4.79 Å². The van der Waals surface area contributed by atoms with Crippen molar-refractivity contribution in [3.63, 3.8) is 0 Å². The summed E-state index contributed by atoms with van der Waals surface area (Å²) in [6.07, 6.45) is 0. The number of ketones is 1. The van der Waals surface area contributed by atoms with E-state index in [1.807, 2.05) is 0 Å². The Labute approximate surface area is 75.3 Å². The van der Waals surface area contributed by atoms with Crippen LogP contribution in [0.25, 0.3) is 0 Å². The van der Waals surface area contributed by atoms with Crippen molar-refractivity contribution in [2.24, 2.45) is 0 Å². The molecule has 0 unspecified atom stereocenters. The number of hydrogen-bond donors (Lipinski definition) is 0. The van der Waals surface area contributed by atoms with Crippen molar-refractivity contribution in [1.82, 2.24) is 0 Å². The van der Waals surface area contributed by atoms with Gasteiger partial charge < -0.3 is 0 Å². The molecule has 54 valence electrons. The SMILES string of the molecule is [B]c1ccc(C(=O)CBr)cc1. The summed E-state index contributed by atoms with van der Waals surface area (Å²) >= 11 is 3.09. The predicted octanol–water partition coefficient (Wildman–Crippen LogP) is 1.06. The molecule has 0 fully saturated rings. The van der Waals surface area contributed by atoms with Gasteiger partial charge in [-0.2, -0.15) is 0 Å². The van der Waals surface area contributed by atoms with E-state index >= 15 is 0 Å². The number of halogens is 1. The minimum Gasteiger partial charge on any atom is -0.293 e. The Balaban J connectivity index is 2.90. The van der Waals surface area contributed by atoms with Crippen LogP contribution in [0.1, 0.15) is 10.4 Å². The van der Waals surface area contributed by atoms with Crippen molar-refractivity contribution in [2.75, 3.05) is 5.33 Å². The number of carbonyl (C=O) groups is 1. The summed E-state index contributed by atoms with van der Waals surface area (Å²) in [6.45, 7) is 0. The van der Waals surface area contributed by atoms with Gasteiger partial charge in [0.25, 0.3) is 0 Å². The second kappa shape index (κ2) is 3.72. The molecule has 1 nitrogen and oxygen atoms in total. The monoisotopic (exact) mass is 208 g/mol. The fourth-order valence-corrected chi connectivity index (χ4v) is 1.07. The summed E-state index contributed by atoms with van der Waals surface area (Å²) in [5, 5.41) is 0.358. The maximum atomic E-state index is 11.0. The van der Waals surface area contributed by atoms with Crippen molar-refractivity contribution in [2.45, 2.75) is 0 Å². The van der Waals surface area contributed by atoms with Gasteiger partial charge in [-0.1, -0.05) is 45.7 Å². The Morgan fingerprint density at radius 2 is 1.91 bits per heavy atom. The minimum absolute atomic E-state index is 0.0741. The fraction of sp³-hybridized carbons (Fsp3) is 0.125. The van der Waals surface area contributed by atoms with E-state index in [1.165, 1.54) is 0 Å². The van der Waals surface area contributed by atoms with Crippen molar-refractivity contribution in [1.29, 1.82) is 0 Å². The molecule has 0 aliphatic carbocycles. The molecule has 1 aromatic carbocycles. The molecular formula is C8H6BBrO. The van der Waals surface area contributed by atoms with Gasteiger partial charge in [-0.15, -0.1) is 0 Å². The Hall–Kier alpha value is -0.565. The maximum Gasteiger partial charge on any atom is 0.173 e. The zero-order valence-electron chi connectivity index (χ0n) is 5.88. The number of rotatable bonds is 2. The first-order valence-electron chi connectivity index (χ1n) is 3.18. The molecule has 11 heavy (non-hydrogen) atoms. The second-order valence-electron chi connectivity index (χ2n) is 2.18. The summed E-state index contributed by atoms with van der Waals surface area (Å²) in [4.78, 5) is 11.0. The van der Waals surface area contributed by atoms with E-state index in [0.29, 0.717) is 16.4 Å². The van der Waals surface area contributed by atoms with Gasteiger partial charge in [0.1, 0.15) is 7.85 Å². The first kappa shape index (κ1) is 8.53. The topological polar surface area (TPSA) is 17.1 Å². The highest BCUT2D eigenvalue weighted by atomic mass is 79.9. The zero-order valence-corrected chi connectivity index (χ0v) is 7.47. The highest BCUT2D eigenvalue weighted by Crippen LogP contribution is 1.99. The highest BCUT2D eigenvalue weighted by molar-refractivity contribution is 9.09. The van der Waals surface area contributed by atoms with Gasteiger partial charge >= 0.3 is 0 Å². The Kier molecular flexibility index (Phi) is 2.88. The van der Waals surface area contributed by atoms with Crippen LogP contribution in [-0.4, -0.2) is 19.0 Å². The minimum atomic E-state index is 0.0741. The molecule has 2 radical (unpaired) electrons. The third kappa shape index (κ3) is 2.19. The molecule has 3 heteroatoms. The predicted molar refractivity (Wildman–Crippen MR) is 50.0 cm³/mol. The summed E-state index contributed by atoms with van der Waals surface area (Å²) in [5.74, 6) is 0.0741. The average Bonchev–Trinajstić information content (AvgIpc) is 2.05. The van der Waals surface area contributed by atoms with Crippen LogP contribution >= 0.6 is 15.9 Å². The number of benzene rings is 1. The molecule has 0 saturated carbocycles. The first-order chi connectivity index (χ1) is 5.24. The molecule has 0 saturated heterocycles. The van der Waals surface area contributed by atoms with Gasteiger partial charge in [0.05, 0.1) is 5.33 Å². The summed E-state index contributed by atoms with van der Waals surface area (Å²) in [7, 11) is 5.45. The van der Waals surface area contributed by atoms with Gasteiger partial charge in [-0.25, -0.2) is 0 Å². The van der Waals surface area contributed by atoms with Crippen molar-refractivity contribution in [3.05, 3.63) is 29.8 Å². The smallest absolute Gasteiger partial charge is 0.173 e. The number of carbonyl (C=O) groups excluding carboxylic acids is 1. The molecule has 0 N–H and O–H groups in total. The third-order valence-corrected chi connectivity index (χ3v) is 1.86. The summed E-state index contributed by atoms with van der Waals surface area (Å²) < 4.78 is 0. The lowest BCUT2D eigenvalue weighted by atomic mass is 9.95. The second-order valence-corrected chi connectivity index (χ2v) is 2.74. The summed E-state index contributed by atoms with van der Waals surface area (Å²) in [5.41, 5.74) is 1.37. The van der Waals surface area contributed by atoms with Gasteiger partial charge in [0.15, 0.2) is 5.78 Å². The van der Waals surface area contributed by atoms with E-state index in [4.69, 9.17) is 7.85 Å².